The van der Waals surface area contributed by atoms with E-state index in [1.54, 1.807) is 13.2 Å². The molecule has 0 radical (unpaired) electrons. The summed E-state index contributed by atoms with van der Waals surface area (Å²) in [5.74, 6) is 1.86. The van der Waals surface area contributed by atoms with E-state index in [1.165, 1.54) is 17.8 Å². The normalized spacial score (nSPS) is 12.4. The fourth-order valence-electron chi connectivity index (χ4n) is 2.46. The van der Waals surface area contributed by atoms with Gasteiger partial charge in [0, 0.05) is 18.2 Å². The predicted molar refractivity (Wildman–Crippen MR) is 104 cm³/mol. The lowest BCUT2D eigenvalue weighted by Gasteiger charge is -2.12. The van der Waals surface area contributed by atoms with E-state index in [-0.39, 0.29) is 11.7 Å². The van der Waals surface area contributed by atoms with Crippen LogP contribution in [-0.2, 0) is 14.3 Å². The molecule has 1 atom stereocenters. The van der Waals surface area contributed by atoms with Crippen LogP contribution in [0.1, 0.15) is 39.2 Å². The summed E-state index contributed by atoms with van der Waals surface area (Å²) in [6, 6.07) is 7.37. The molecule has 0 fully saturated rings. The van der Waals surface area contributed by atoms with Gasteiger partial charge in [-0.2, -0.15) is 0 Å². The Hall–Kier alpha value is -1.75. The molecule has 1 aromatic rings. The minimum atomic E-state index is -0.406. The van der Waals surface area contributed by atoms with E-state index in [0.717, 1.165) is 17.7 Å². The highest BCUT2D eigenvalue weighted by Gasteiger charge is 2.11. The maximum Gasteiger partial charge on any atom is 0.330 e. The Bertz CT molecular complexity index is 564. The molecule has 0 N–H and O–H groups in total. The molecule has 1 unspecified atom stereocenters. The van der Waals surface area contributed by atoms with E-state index in [2.05, 4.69) is 20.8 Å². The zero-order valence-electron chi connectivity index (χ0n) is 15.5. The molecule has 0 amide bonds. The summed E-state index contributed by atoms with van der Waals surface area (Å²) in [6.07, 6.45) is 4.71. The zero-order chi connectivity index (χ0) is 18.7. The van der Waals surface area contributed by atoms with Crippen LogP contribution in [0.5, 0.6) is 5.75 Å². The fourth-order valence-corrected chi connectivity index (χ4v) is 3.25. The second kappa shape index (κ2) is 11.7. The molecule has 0 aromatic heterocycles. The lowest BCUT2D eigenvalue weighted by Crippen LogP contribution is -2.08. The fraction of sp³-hybridized carbons (Fsp3) is 0.500. The number of methoxy groups -OCH3 is 1. The Balaban J connectivity index is 2.21. The zero-order valence-corrected chi connectivity index (χ0v) is 16.3. The number of benzene rings is 1. The first-order valence-corrected chi connectivity index (χ1v) is 9.53. The van der Waals surface area contributed by atoms with Crippen LogP contribution in [0.3, 0.4) is 0 Å². The Morgan fingerprint density at radius 2 is 1.84 bits per heavy atom. The average molecular weight is 365 g/mol. The first-order valence-electron chi connectivity index (χ1n) is 8.55. The summed E-state index contributed by atoms with van der Waals surface area (Å²) in [5.41, 5.74) is 0.890. The number of carbonyl (C=O) groups excluding carboxylic acids is 2. The molecule has 0 saturated heterocycles. The van der Waals surface area contributed by atoms with Gasteiger partial charge in [-0.15, -0.1) is 0 Å². The molecule has 0 aliphatic carbocycles. The van der Waals surface area contributed by atoms with Crippen molar-refractivity contribution in [1.82, 2.24) is 0 Å². The third-order valence-electron chi connectivity index (χ3n) is 3.51. The minimum Gasteiger partial charge on any atom is -0.497 e. The highest BCUT2D eigenvalue weighted by atomic mass is 32.2. The molecular weight excluding hydrogens is 336 g/mol. The molecule has 5 heteroatoms. The summed E-state index contributed by atoms with van der Waals surface area (Å²) in [5, 5.41) is 0.165. The van der Waals surface area contributed by atoms with Crippen LogP contribution in [0, 0.1) is 11.8 Å². The maximum atomic E-state index is 11.8. The third-order valence-corrected chi connectivity index (χ3v) is 4.37. The number of thioether (sulfide) groups is 1. The molecule has 0 aliphatic heterocycles. The molecule has 0 bridgehead atoms. The molecule has 25 heavy (non-hydrogen) atoms. The molecule has 0 aliphatic rings. The van der Waals surface area contributed by atoms with Crippen molar-refractivity contribution in [3.63, 3.8) is 0 Å². The number of hydrogen-bond acceptors (Lipinski definition) is 5. The Morgan fingerprint density at radius 1 is 1.16 bits per heavy atom. The summed E-state index contributed by atoms with van der Waals surface area (Å²) in [7, 11) is 1.61. The van der Waals surface area contributed by atoms with E-state index in [4.69, 9.17) is 9.47 Å². The lowest BCUT2D eigenvalue weighted by atomic mass is 9.97. The van der Waals surface area contributed by atoms with Gasteiger partial charge in [-0.05, 0) is 42.0 Å². The van der Waals surface area contributed by atoms with Crippen LogP contribution in [0.2, 0.25) is 0 Å². The second-order valence-electron chi connectivity index (χ2n) is 6.43. The topological polar surface area (TPSA) is 52.6 Å². The van der Waals surface area contributed by atoms with Crippen LogP contribution in [0.25, 0.3) is 6.08 Å². The SMILES string of the molecule is COc1ccc(/C=C/C(=O)OCCSC(=O)CC(C)CC(C)C)cc1. The number of esters is 1. The van der Waals surface area contributed by atoms with Crippen LogP contribution < -0.4 is 4.74 Å². The number of ether oxygens (including phenoxy) is 2. The van der Waals surface area contributed by atoms with Gasteiger partial charge in [0.2, 0.25) is 0 Å². The van der Waals surface area contributed by atoms with Gasteiger partial charge >= 0.3 is 5.97 Å². The summed E-state index contributed by atoms with van der Waals surface area (Å²) in [6.45, 7) is 6.66. The molecule has 1 aromatic carbocycles. The van der Waals surface area contributed by atoms with Crippen molar-refractivity contribution < 1.29 is 19.1 Å². The van der Waals surface area contributed by atoms with E-state index in [9.17, 15) is 9.59 Å². The van der Waals surface area contributed by atoms with Crippen molar-refractivity contribution >= 4 is 28.9 Å². The summed E-state index contributed by atoms with van der Waals surface area (Å²) >= 11 is 1.24. The summed E-state index contributed by atoms with van der Waals surface area (Å²) in [4.78, 5) is 23.5. The predicted octanol–water partition coefficient (Wildman–Crippen LogP) is 4.58. The standard InChI is InChI=1S/C20H28O4S/c1-15(2)13-16(3)14-20(22)25-12-11-24-19(21)10-7-17-5-8-18(23-4)9-6-17/h5-10,15-16H,11-14H2,1-4H3/b10-7+. The van der Waals surface area contributed by atoms with Crippen LogP contribution in [-0.4, -0.2) is 30.6 Å². The monoisotopic (exact) mass is 364 g/mol. The van der Waals surface area contributed by atoms with E-state index in [0.29, 0.717) is 24.0 Å². The maximum absolute atomic E-state index is 11.8. The molecule has 0 heterocycles. The van der Waals surface area contributed by atoms with Crippen molar-refractivity contribution in [2.45, 2.75) is 33.6 Å². The van der Waals surface area contributed by atoms with Gasteiger partial charge in [-0.3, -0.25) is 4.79 Å². The van der Waals surface area contributed by atoms with Gasteiger partial charge in [-0.1, -0.05) is 44.7 Å². The summed E-state index contributed by atoms with van der Waals surface area (Å²) < 4.78 is 10.2. The second-order valence-corrected chi connectivity index (χ2v) is 7.59. The van der Waals surface area contributed by atoms with Crippen molar-refractivity contribution in [2.24, 2.45) is 11.8 Å². The number of rotatable bonds is 10. The van der Waals surface area contributed by atoms with Crippen molar-refractivity contribution in [2.75, 3.05) is 19.5 Å². The van der Waals surface area contributed by atoms with E-state index >= 15 is 0 Å². The van der Waals surface area contributed by atoms with Crippen LogP contribution >= 0.6 is 11.8 Å². The average Bonchev–Trinajstić information content (AvgIpc) is 2.56. The van der Waals surface area contributed by atoms with Crippen LogP contribution in [0.15, 0.2) is 30.3 Å². The van der Waals surface area contributed by atoms with E-state index in [1.807, 2.05) is 24.3 Å². The van der Waals surface area contributed by atoms with Gasteiger partial charge in [0.25, 0.3) is 0 Å². The van der Waals surface area contributed by atoms with Gasteiger partial charge in [0.1, 0.15) is 12.4 Å². The third kappa shape index (κ3) is 9.97. The highest BCUT2D eigenvalue weighted by Crippen LogP contribution is 2.18. The van der Waals surface area contributed by atoms with E-state index < -0.39 is 5.97 Å². The van der Waals surface area contributed by atoms with Crippen LogP contribution in [0.4, 0.5) is 0 Å². The molecular formula is C20H28O4S. The van der Waals surface area contributed by atoms with Crippen molar-refractivity contribution in [3.8, 4) is 5.75 Å². The Morgan fingerprint density at radius 3 is 2.44 bits per heavy atom. The lowest BCUT2D eigenvalue weighted by molar-refractivity contribution is -0.137. The Kier molecular flexibility index (Phi) is 10.0. The first-order chi connectivity index (χ1) is 11.9. The smallest absolute Gasteiger partial charge is 0.330 e. The van der Waals surface area contributed by atoms with Gasteiger partial charge in [0.05, 0.1) is 7.11 Å². The quantitative estimate of drug-likeness (QED) is 0.345. The molecule has 0 spiro atoms. The number of hydrogen-bond donors (Lipinski definition) is 0. The number of carbonyl (C=O) groups is 2. The van der Waals surface area contributed by atoms with Gasteiger partial charge in [-0.25, -0.2) is 4.79 Å². The van der Waals surface area contributed by atoms with Gasteiger partial charge in [0.15, 0.2) is 5.12 Å². The molecule has 138 valence electrons. The molecule has 4 nitrogen and oxygen atoms in total. The van der Waals surface area contributed by atoms with Crippen molar-refractivity contribution in [1.29, 1.82) is 0 Å². The van der Waals surface area contributed by atoms with Gasteiger partial charge < -0.3 is 9.47 Å². The molecule has 0 saturated carbocycles. The Labute approximate surface area is 155 Å². The molecule has 1 rings (SSSR count). The highest BCUT2D eigenvalue weighted by molar-refractivity contribution is 8.13. The van der Waals surface area contributed by atoms with Crippen molar-refractivity contribution in [3.05, 3.63) is 35.9 Å². The minimum absolute atomic E-state index is 0.165. The first kappa shape index (κ1) is 21.3. The largest absolute Gasteiger partial charge is 0.497 e.